The number of furan rings is 1. The summed E-state index contributed by atoms with van der Waals surface area (Å²) in [6.07, 6.45) is 5.48. The second kappa shape index (κ2) is 8.63. The number of hydrogen-bond donors (Lipinski definition) is 2. The molecule has 1 saturated carbocycles. The highest BCUT2D eigenvalue weighted by molar-refractivity contribution is 5.99. The number of hydrogen-bond acceptors (Lipinski definition) is 4. The molecule has 148 valence electrons. The molecule has 0 radical (unpaired) electrons. The third-order valence-corrected chi connectivity index (χ3v) is 5.06. The number of aryl methyl sites for hydroxylation is 1. The summed E-state index contributed by atoms with van der Waals surface area (Å²) in [5, 5.41) is 7.78. The Morgan fingerprint density at radius 2 is 1.86 bits per heavy atom. The summed E-state index contributed by atoms with van der Waals surface area (Å²) in [6, 6.07) is 13.9. The van der Waals surface area contributed by atoms with Crippen molar-refractivity contribution in [2.45, 2.75) is 44.7 Å². The van der Waals surface area contributed by atoms with Gasteiger partial charge in [-0.25, -0.2) is 4.68 Å². The third kappa shape index (κ3) is 4.29. The van der Waals surface area contributed by atoms with Crippen LogP contribution in [-0.2, 0) is 0 Å². The minimum Gasteiger partial charge on any atom is -0.460 e. The molecule has 1 aromatic carbocycles. The van der Waals surface area contributed by atoms with Gasteiger partial charge in [0.2, 0.25) is 0 Å². The molecule has 0 bridgehead atoms. The van der Waals surface area contributed by atoms with Gasteiger partial charge < -0.3 is 15.5 Å². The number of para-hydroxylation sites is 1. The second-order valence-electron chi connectivity index (χ2n) is 7.17. The highest BCUT2D eigenvalue weighted by atomic mass is 35.5. The fourth-order valence-corrected chi connectivity index (χ4v) is 3.52. The highest BCUT2D eigenvalue weighted by Gasteiger charge is 2.25. The third-order valence-electron chi connectivity index (χ3n) is 5.06. The molecule has 0 atom stereocenters. The highest BCUT2D eigenvalue weighted by Crippen LogP contribution is 2.26. The average Bonchev–Trinajstić information content (AvgIpc) is 3.31. The maximum Gasteiger partial charge on any atom is 0.255 e. The molecular formula is C21H25ClN4O2. The van der Waals surface area contributed by atoms with Crippen LogP contribution >= 0.6 is 12.4 Å². The van der Waals surface area contributed by atoms with Crippen molar-refractivity contribution in [1.82, 2.24) is 15.1 Å². The van der Waals surface area contributed by atoms with Crippen LogP contribution in [0.3, 0.4) is 0 Å². The number of benzene rings is 1. The molecule has 2 aromatic heterocycles. The Balaban J connectivity index is 0.00000225. The smallest absolute Gasteiger partial charge is 0.255 e. The lowest BCUT2D eigenvalue weighted by molar-refractivity contribution is 0.0926. The second-order valence-corrected chi connectivity index (χ2v) is 7.17. The van der Waals surface area contributed by atoms with Crippen LogP contribution < -0.4 is 11.1 Å². The van der Waals surface area contributed by atoms with Crippen molar-refractivity contribution in [3.05, 3.63) is 60.0 Å². The first-order chi connectivity index (χ1) is 13.1. The van der Waals surface area contributed by atoms with E-state index >= 15 is 0 Å². The Labute approximate surface area is 170 Å². The zero-order valence-corrected chi connectivity index (χ0v) is 16.6. The van der Waals surface area contributed by atoms with Gasteiger partial charge in [-0.2, -0.15) is 5.10 Å². The molecule has 7 heteroatoms. The molecule has 1 aliphatic carbocycles. The Hall–Kier alpha value is -2.57. The Morgan fingerprint density at radius 1 is 1.14 bits per heavy atom. The number of nitrogens with two attached hydrogens (primary N) is 1. The van der Waals surface area contributed by atoms with E-state index in [4.69, 9.17) is 10.2 Å². The lowest BCUT2D eigenvalue weighted by atomic mass is 9.91. The van der Waals surface area contributed by atoms with E-state index in [1.54, 1.807) is 10.9 Å². The fraction of sp³-hybridized carbons (Fsp3) is 0.333. The van der Waals surface area contributed by atoms with Crippen LogP contribution in [0.15, 0.2) is 53.1 Å². The van der Waals surface area contributed by atoms with Gasteiger partial charge in [-0.15, -0.1) is 12.4 Å². The topological polar surface area (TPSA) is 86.1 Å². The van der Waals surface area contributed by atoms with E-state index in [0.717, 1.165) is 37.1 Å². The van der Waals surface area contributed by atoms with Crippen LogP contribution in [0.1, 0.15) is 41.8 Å². The Morgan fingerprint density at radius 3 is 2.50 bits per heavy atom. The van der Waals surface area contributed by atoms with Gasteiger partial charge in [-0.05, 0) is 56.9 Å². The van der Waals surface area contributed by atoms with Gasteiger partial charge in [-0.1, -0.05) is 18.2 Å². The largest absolute Gasteiger partial charge is 0.460 e. The van der Waals surface area contributed by atoms with Gasteiger partial charge in [0.1, 0.15) is 11.5 Å². The van der Waals surface area contributed by atoms with Crippen molar-refractivity contribution < 1.29 is 9.21 Å². The van der Waals surface area contributed by atoms with Gasteiger partial charge in [0.25, 0.3) is 5.91 Å². The fourth-order valence-electron chi connectivity index (χ4n) is 3.52. The maximum absolute atomic E-state index is 13.0. The monoisotopic (exact) mass is 400 g/mol. The molecule has 1 amide bonds. The number of carbonyl (C=O) groups excluding carboxylic acids is 1. The van der Waals surface area contributed by atoms with E-state index in [1.807, 2.05) is 49.4 Å². The van der Waals surface area contributed by atoms with Gasteiger partial charge in [0, 0.05) is 18.3 Å². The van der Waals surface area contributed by atoms with Gasteiger partial charge in [-0.3, -0.25) is 4.79 Å². The average molecular weight is 401 g/mol. The number of nitrogens with zero attached hydrogens (tertiary/aromatic N) is 2. The van der Waals surface area contributed by atoms with Crippen LogP contribution in [0, 0.1) is 6.92 Å². The van der Waals surface area contributed by atoms with Crippen LogP contribution in [0.2, 0.25) is 0 Å². The predicted octanol–water partition coefficient (Wildman–Crippen LogP) is 3.86. The lowest BCUT2D eigenvalue weighted by Gasteiger charge is -2.26. The first-order valence-electron chi connectivity index (χ1n) is 9.38. The normalized spacial score (nSPS) is 19.1. The lowest BCUT2D eigenvalue weighted by Crippen LogP contribution is -2.40. The van der Waals surface area contributed by atoms with Crippen LogP contribution in [0.4, 0.5) is 0 Å². The van der Waals surface area contributed by atoms with Gasteiger partial charge in [0.15, 0.2) is 5.76 Å². The molecular weight excluding hydrogens is 376 g/mol. The Bertz CT molecular complexity index is 927. The molecule has 3 aromatic rings. The number of nitrogens with one attached hydrogen (secondary N) is 1. The van der Waals surface area contributed by atoms with E-state index in [1.165, 1.54) is 0 Å². The van der Waals surface area contributed by atoms with Crippen molar-refractivity contribution in [1.29, 1.82) is 0 Å². The quantitative estimate of drug-likeness (QED) is 0.696. The Kier molecular flexibility index (Phi) is 6.21. The first kappa shape index (κ1) is 20.2. The molecule has 0 unspecified atom stereocenters. The van der Waals surface area contributed by atoms with Crippen molar-refractivity contribution >= 4 is 18.3 Å². The number of aromatic nitrogens is 2. The SMILES string of the molecule is Cc1ccc(-c2nn(-c3ccccc3)cc2C(=O)NC2CCC(N)CC2)o1.Cl. The summed E-state index contributed by atoms with van der Waals surface area (Å²) in [6.45, 7) is 1.88. The molecule has 4 rings (SSSR count). The van der Waals surface area contributed by atoms with Crippen molar-refractivity contribution in [3.8, 4) is 17.1 Å². The van der Waals surface area contributed by atoms with Crippen LogP contribution in [0.5, 0.6) is 0 Å². The number of carbonyl (C=O) groups is 1. The van der Waals surface area contributed by atoms with Crippen molar-refractivity contribution in [2.75, 3.05) is 0 Å². The van der Waals surface area contributed by atoms with Crippen molar-refractivity contribution in [3.63, 3.8) is 0 Å². The molecule has 0 aliphatic heterocycles. The molecule has 1 aliphatic rings. The molecule has 2 heterocycles. The van der Waals surface area contributed by atoms with E-state index in [9.17, 15) is 4.79 Å². The summed E-state index contributed by atoms with van der Waals surface area (Å²) < 4.78 is 7.46. The minimum atomic E-state index is -0.123. The molecule has 6 nitrogen and oxygen atoms in total. The number of halogens is 1. The molecule has 0 saturated heterocycles. The zero-order valence-electron chi connectivity index (χ0n) is 15.8. The van der Waals surface area contributed by atoms with Crippen LogP contribution in [0.25, 0.3) is 17.1 Å². The summed E-state index contributed by atoms with van der Waals surface area (Å²) in [5.41, 5.74) is 7.93. The maximum atomic E-state index is 13.0. The molecule has 3 N–H and O–H groups in total. The molecule has 1 fully saturated rings. The predicted molar refractivity (Wildman–Crippen MR) is 111 cm³/mol. The number of amides is 1. The zero-order chi connectivity index (χ0) is 18.8. The van der Waals surface area contributed by atoms with E-state index in [0.29, 0.717) is 17.0 Å². The minimum absolute atomic E-state index is 0. The molecule has 28 heavy (non-hydrogen) atoms. The van der Waals surface area contributed by atoms with E-state index in [2.05, 4.69) is 10.4 Å². The first-order valence-corrected chi connectivity index (χ1v) is 9.38. The summed E-state index contributed by atoms with van der Waals surface area (Å²) in [5.74, 6) is 1.26. The van der Waals surface area contributed by atoms with Gasteiger partial charge in [0.05, 0.1) is 11.3 Å². The van der Waals surface area contributed by atoms with Crippen LogP contribution in [-0.4, -0.2) is 27.8 Å². The number of rotatable bonds is 4. The van der Waals surface area contributed by atoms with Crippen molar-refractivity contribution in [2.24, 2.45) is 5.73 Å². The van der Waals surface area contributed by atoms with Gasteiger partial charge >= 0.3 is 0 Å². The summed E-state index contributed by atoms with van der Waals surface area (Å²) in [7, 11) is 0. The van der Waals surface area contributed by atoms with E-state index < -0.39 is 0 Å². The molecule has 0 spiro atoms. The summed E-state index contributed by atoms with van der Waals surface area (Å²) in [4.78, 5) is 13.0. The standard InChI is InChI=1S/C21H24N4O2.ClH/c1-14-7-12-19(27-14)20-18(13-25(24-20)17-5-3-2-4-6-17)21(26)23-16-10-8-15(22)9-11-16;/h2-7,12-13,15-16H,8-11,22H2,1H3,(H,23,26);1H. The van der Waals surface area contributed by atoms with E-state index in [-0.39, 0.29) is 30.4 Å². The summed E-state index contributed by atoms with van der Waals surface area (Å²) >= 11 is 0.